The van der Waals surface area contributed by atoms with Crippen molar-refractivity contribution < 1.29 is 19.5 Å². The fourth-order valence-corrected chi connectivity index (χ4v) is 5.28. The number of hydrogen-bond acceptors (Lipinski definition) is 3. The summed E-state index contributed by atoms with van der Waals surface area (Å²) in [5.41, 5.74) is 0. The number of rotatable bonds is 27. The fourth-order valence-electron chi connectivity index (χ4n) is 5.28. The molecule has 1 N–H and O–H groups in total. The summed E-state index contributed by atoms with van der Waals surface area (Å²) in [6, 6.07) is -1.11. The number of carbonyl (C=O) groups excluding carboxylic acids is 2. The zero-order valence-electron chi connectivity index (χ0n) is 25.7. The van der Waals surface area contributed by atoms with Crippen LogP contribution in [0.15, 0.2) is 0 Å². The van der Waals surface area contributed by atoms with Crippen molar-refractivity contribution in [2.24, 2.45) is 5.92 Å². The lowest BCUT2D eigenvalue weighted by molar-refractivity contribution is -0.159. The molecule has 0 aromatic heterocycles. The van der Waals surface area contributed by atoms with Crippen LogP contribution in [0.1, 0.15) is 182 Å². The minimum Gasteiger partial charge on any atom is -0.480 e. The van der Waals surface area contributed by atoms with E-state index in [2.05, 4.69) is 20.8 Å². The Morgan fingerprint density at radius 2 is 0.895 bits per heavy atom. The molecule has 0 spiro atoms. The van der Waals surface area contributed by atoms with Gasteiger partial charge in [0.2, 0.25) is 11.8 Å². The standard InChI is InChI=1S/C33H63NO4/c1-5-8-11-14-16-17-18-19-20-22-25-28-31(35)34(29(4)33(37)38)32(36)30(26-23-13-10-7-3)27-24-21-15-12-9-6-2/h29-30H,5-28H2,1-4H3,(H,37,38). The largest absolute Gasteiger partial charge is 0.480 e. The molecule has 38 heavy (non-hydrogen) atoms. The van der Waals surface area contributed by atoms with E-state index in [4.69, 9.17) is 0 Å². The van der Waals surface area contributed by atoms with Crippen LogP contribution in [0, 0.1) is 5.92 Å². The average Bonchev–Trinajstić information content (AvgIpc) is 2.90. The second-order valence-electron chi connectivity index (χ2n) is 11.5. The number of unbranched alkanes of at least 4 members (excludes halogenated alkanes) is 18. The third-order valence-corrected chi connectivity index (χ3v) is 7.91. The third kappa shape index (κ3) is 18.8. The molecule has 0 aromatic rings. The van der Waals surface area contributed by atoms with Crippen LogP contribution in [0.25, 0.3) is 0 Å². The number of nitrogens with zero attached hydrogens (tertiary/aromatic N) is 1. The van der Waals surface area contributed by atoms with Gasteiger partial charge in [0.1, 0.15) is 6.04 Å². The molecule has 2 atom stereocenters. The summed E-state index contributed by atoms with van der Waals surface area (Å²) in [4.78, 5) is 39.7. The van der Waals surface area contributed by atoms with Crippen LogP contribution in [-0.2, 0) is 14.4 Å². The molecule has 0 aromatic carbocycles. The molecule has 2 amide bonds. The van der Waals surface area contributed by atoms with Gasteiger partial charge in [-0.05, 0) is 26.2 Å². The van der Waals surface area contributed by atoms with E-state index in [9.17, 15) is 19.5 Å². The number of amides is 2. The predicted octanol–water partition coefficient (Wildman–Crippen LogP) is 9.85. The number of carboxylic acid groups (broad SMARTS) is 1. The van der Waals surface area contributed by atoms with Gasteiger partial charge in [0.15, 0.2) is 0 Å². The quantitative estimate of drug-likeness (QED) is 0.106. The Kier molecular flexibility index (Phi) is 24.9. The predicted molar refractivity (Wildman–Crippen MR) is 160 cm³/mol. The molecule has 0 aliphatic rings. The highest BCUT2D eigenvalue weighted by Crippen LogP contribution is 2.23. The highest BCUT2D eigenvalue weighted by atomic mass is 16.4. The van der Waals surface area contributed by atoms with E-state index < -0.39 is 12.0 Å². The highest BCUT2D eigenvalue weighted by molar-refractivity contribution is 6.00. The summed E-state index contributed by atoms with van der Waals surface area (Å²) < 4.78 is 0. The lowest BCUT2D eigenvalue weighted by Crippen LogP contribution is -2.49. The maximum Gasteiger partial charge on any atom is 0.326 e. The number of carboxylic acids is 1. The van der Waals surface area contributed by atoms with Crippen LogP contribution < -0.4 is 0 Å². The summed E-state index contributed by atoms with van der Waals surface area (Å²) in [5, 5.41) is 9.69. The van der Waals surface area contributed by atoms with E-state index in [1.807, 2.05) is 0 Å². The van der Waals surface area contributed by atoms with Gasteiger partial charge in [0.25, 0.3) is 0 Å². The van der Waals surface area contributed by atoms with Crippen molar-refractivity contribution in [3.63, 3.8) is 0 Å². The second-order valence-corrected chi connectivity index (χ2v) is 11.5. The lowest BCUT2D eigenvalue weighted by Gasteiger charge is -2.29. The van der Waals surface area contributed by atoms with Crippen LogP contribution in [0.4, 0.5) is 0 Å². The first-order valence-electron chi connectivity index (χ1n) is 16.5. The SMILES string of the molecule is CCCCCCCCCCCCCC(=O)N(C(=O)C(CCCCCC)CCCCCCCC)C(C)C(=O)O. The van der Waals surface area contributed by atoms with Crippen LogP contribution >= 0.6 is 0 Å². The molecule has 0 fully saturated rings. The van der Waals surface area contributed by atoms with E-state index in [1.54, 1.807) is 0 Å². The molecule has 5 heteroatoms. The average molecular weight is 538 g/mol. The summed E-state index contributed by atoms with van der Waals surface area (Å²) in [7, 11) is 0. The summed E-state index contributed by atoms with van der Waals surface area (Å²) >= 11 is 0. The van der Waals surface area contributed by atoms with Gasteiger partial charge >= 0.3 is 5.97 Å². The topological polar surface area (TPSA) is 74.7 Å². The minimum absolute atomic E-state index is 0.249. The zero-order valence-corrected chi connectivity index (χ0v) is 25.7. The van der Waals surface area contributed by atoms with Crippen molar-refractivity contribution >= 4 is 17.8 Å². The van der Waals surface area contributed by atoms with Crippen molar-refractivity contribution in [3.05, 3.63) is 0 Å². The third-order valence-electron chi connectivity index (χ3n) is 7.91. The van der Waals surface area contributed by atoms with E-state index in [-0.39, 0.29) is 24.2 Å². The van der Waals surface area contributed by atoms with E-state index in [0.717, 1.165) is 75.5 Å². The molecule has 0 saturated carbocycles. The summed E-state index contributed by atoms with van der Waals surface area (Å²) in [5.74, 6) is -1.91. The molecular weight excluding hydrogens is 474 g/mol. The monoisotopic (exact) mass is 537 g/mol. The van der Waals surface area contributed by atoms with E-state index in [1.165, 1.54) is 84.0 Å². The van der Waals surface area contributed by atoms with Crippen LogP contribution in [-0.4, -0.2) is 33.8 Å². The van der Waals surface area contributed by atoms with Gasteiger partial charge in [0.05, 0.1) is 0 Å². The molecule has 0 heterocycles. The first-order chi connectivity index (χ1) is 18.4. The van der Waals surface area contributed by atoms with Gasteiger partial charge in [-0.1, -0.05) is 149 Å². The first-order valence-corrected chi connectivity index (χ1v) is 16.5. The van der Waals surface area contributed by atoms with Crippen molar-refractivity contribution in [2.75, 3.05) is 0 Å². The molecule has 2 unspecified atom stereocenters. The van der Waals surface area contributed by atoms with Gasteiger partial charge < -0.3 is 5.11 Å². The van der Waals surface area contributed by atoms with E-state index in [0.29, 0.717) is 0 Å². The molecule has 5 nitrogen and oxygen atoms in total. The maximum atomic E-state index is 13.6. The molecule has 0 radical (unpaired) electrons. The van der Waals surface area contributed by atoms with Crippen molar-refractivity contribution in [1.29, 1.82) is 0 Å². The molecular formula is C33H63NO4. The summed E-state index contributed by atoms with van der Waals surface area (Å²) in [6.07, 6.45) is 26.2. The highest BCUT2D eigenvalue weighted by Gasteiger charge is 2.34. The number of imide groups is 1. The number of aliphatic carboxylic acids is 1. The van der Waals surface area contributed by atoms with Crippen LogP contribution in [0.5, 0.6) is 0 Å². The Hall–Kier alpha value is -1.39. The Morgan fingerprint density at radius 1 is 0.553 bits per heavy atom. The zero-order chi connectivity index (χ0) is 28.4. The van der Waals surface area contributed by atoms with Crippen molar-refractivity contribution in [2.45, 2.75) is 188 Å². The van der Waals surface area contributed by atoms with Gasteiger partial charge in [0, 0.05) is 12.3 Å². The molecule has 0 bridgehead atoms. The molecule has 0 rings (SSSR count). The minimum atomic E-state index is -1.11. The lowest BCUT2D eigenvalue weighted by atomic mass is 9.92. The van der Waals surface area contributed by atoms with Crippen LogP contribution in [0.3, 0.4) is 0 Å². The molecule has 0 aliphatic heterocycles. The fraction of sp³-hybridized carbons (Fsp3) is 0.909. The van der Waals surface area contributed by atoms with Gasteiger partial charge in [-0.15, -0.1) is 0 Å². The Balaban J connectivity index is 4.80. The van der Waals surface area contributed by atoms with Crippen molar-refractivity contribution in [1.82, 2.24) is 4.90 Å². The van der Waals surface area contributed by atoms with Crippen molar-refractivity contribution in [3.8, 4) is 0 Å². The molecule has 224 valence electrons. The van der Waals surface area contributed by atoms with Gasteiger partial charge in [-0.2, -0.15) is 0 Å². The summed E-state index contributed by atoms with van der Waals surface area (Å²) in [6.45, 7) is 8.10. The smallest absolute Gasteiger partial charge is 0.326 e. The van der Waals surface area contributed by atoms with Crippen LogP contribution in [0.2, 0.25) is 0 Å². The maximum absolute atomic E-state index is 13.6. The Labute approximate surface area is 235 Å². The molecule has 0 aliphatic carbocycles. The number of hydrogen-bond donors (Lipinski definition) is 1. The second kappa shape index (κ2) is 25.9. The first kappa shape index (κ1) is 36.6. The van der Waals surface area contributed by atoms with Gasteiger partial charge in [-0.25, -0.2) is 4.79 Å². The van der Waals surface area contributed by atoms with Gasteiger partial charge in [-0.3, -0.25) is 14.5 Å². The normalized spacial score (nSPS) is 12.8. The Bertz CT molecular complexity index is 592. The molecule has 0 saturated heterocycles. The Morgan fingerprint density at radius 3 is 1.29 bits per heavy atom. The number of carbonyl (C=O) groups is 3. The van der Waals surface area contributed by atoms with E-state index >= 15 is 0 Å².